The maximum Gasteiger partial charge on any atom is 0.234 e. The van der Waals surface area contributed by atoms with Crippen LogP contribution in [0.5, 0.6) is 0 Å². The van der Waals surface area contributed by atoms with E-state index in [4.69, 9.17) is 11.6 Å². The predicted octanol–water partition coefficient (Wildman–Crippen LogP) is 4.24. The number of alkyl halides is 1. The van der Waals surface area contributed by atoms with Gasteiger partial charge in [0.25, 0.3) is 0 Å². The topological polar surface area (TPSA) is 29.1 Å². The van der Waals surface area contributed by atoms with Gasteiger partial charge in [-0.3, -0.25) is 4.79 Å². The van der Waals surface area contributed by atoms with E-state index in [-0.39, 0.29) is 16.7 Å². The lowest BCUT2D eigenvalue weighted by molar-refractivity contribution is -0.119. The maximum absolute atomic E-state index is 11.9. The van der Waals surface area contributed by atoms with Crippen molar-refractivity contribution in [1.29, 1.82) is 0 Å². The van der Waals surface area contributed by atoms with Crippen molar-refractivity contribution in [2.45, 2.75) is 45.4 Å². The molecule has 1 N–H and O–H groups in total. The summed E-state index contributed by atoms with van der Waals surface area (Å²) in [5.41, 5.74) is 2.55. The van der Waals surface area contributed by atoms with Gasteiger partial charge in [-0.2, -0.15) is 0 Å². The second-order valence-electron chi connectivity index (χ2n) is 6.61. The normalized spacial score (nSPS) is 19.3. The van der Waals surface area contributed by atoms with Gasteiger partial charge in [-0.25, -0.2) is 0 Å². The summed E-state index contributed by atoms with van der Waals surface area (Å²) < 4.78 is 0. The molecule has 1 atom stereocenters. The Bertz CT molecular complexity index is 500. The molecule has 1 unspecified atom stereocenters. The van der Waals surface area contributed by atoms with Crippen LogP contribution in [-0.4, -0.2) is 5.91 Å². The molecule has 1 aromatic rings. The van der Waals surface area contributed by atoms with Gasteiger partial charge < -0.3 is 5.32 Å². The second kappa shape index (κ2) is 3.99. The first kappa shape index (κ1) is 13.4. The Morgan fingerprint density at radius 3 is 2.44 bits per heavy atom. The average Bonchev–Trinajstić information content (AvgIpc) is 2.48. The number of carbonyl (C=O) groups is 1. The van der Waals surface area contributed by atoms with Gasteiger partial charge in [-0.1, -0.05) is 32.9 Å². The maximum atomic E-state index is 11.9. The lowest BCUT2D eigenvalue weighted by Crippen LogP contribution is -2.27. The molecule has 1 aromatic carbocycles. The summed E-state index contributed by atoms with van der Waals surface area (Å²) in [4.78, 5) is 11.9. The SMILES string of the molecule is CC1(C)C(=O)Nc2ccc(C(Cl)C(C)(C)C)cc21. The number of rotatable bonds is 1. The molecule has 18 heavy (non-hydrogen) atoms. The molecule has 0 bridgehead atoms. The van der Waals surface area contributed by atoms with Gasteiger partial charge in [0.2, 0.25) is 5.91 Å². The fourth-order valence-corrected chi connectivity index (χ4v) is 2.38. The van der Waals surface area contributed by atoms with E-state index in [0.717, 1.165) is 16.8 Å². The zero-order chi connectivity index (χ0) is 13.7. The highest BCUT2D eigenvalue weighted by Crippen LogP contribution is 2.43. The third-order valence-corrected chi connectivity index (χ3v) is 4.49. The summed E-state index contributed by atoms with van der Waals surface area (Å²) in [5.74, 6) is 0.0523. The van der Waals surface area contributed by atoms with Gasteiger partial charge in [-0.05, 0) is 36.5 Å². The fourth-order valence-electron chi connectivity index (χ4n) is 2.25. The van der Waals surface area contributed by atoms with Crippen LogP contribution in [-0.2, 0) is 10.2 Å². The first-order valence-electron chi connectivity index (χ1n) is 6.24. The minimum Gasteiger partial charge on any atom is -0.325 e. The highest BCUT2D eigenvalue weighted by atomic mass is 35.5. The molecule has 98 valence electrons. The fraction of sp³-hybridized carbons (Fsp3) is 0.533. The van der Waals surface area contributed by atoms with Crippen molar-refractivity contribution in [2.75, 3.05) is 5.32 Å². The van der Waals surface area contributed by atoms with Gasteiger partial charge in [0, 0.05) is 5.69 Å². The van der Waals surface area contributed by atoms with E-state index in [2.05, 4.69) is 32.2 Å². The van der Waals surface area contributed by atoms with Crippen molar-refractivity contribution in [2.24, 2.45) is 5.41 Å². The van der Waals surface area contributed by atoms with Crippen LogP contribution in [0.25, 0.3) is 0 Å². The summed E-state index contributed by atoms with van der Waals surface area (Å²) in [6.07, 6.45) is 0. The third kappa shape index (κ3) is 2.03. The van der Waals surface area contributed by atoms with Crippen LogP contribution in [0.2, 0.25) is 0 Å². The largest absolute Gasteiger partial charge is 0.325 e. The van der Waals surface area contributed by atoms with Crippen LogP contribution in [0.3, 0.4) is 0 Å². The Kier molecular flexibility index (Phi) is 2.97. The monoisotopic (exact) mass is 265 g/mol. The van der Waals surface area contributed by atoms with Crippen molar-refractivity contribution in [3.8, 4) is 0 Å². The number of benzene rings is 1. The number of carbonyl (C=O) groups excluding carboxylic acids is 1. The first-order chi connectivity index (χ1) is 8.14. The number of halogens is 1. The minimum absolute atomic E-state index is 0.00399. The molecule has 0 saturated carbocycles. The second-order valence-corrected chi connectivity index (χ2v) is 7.05. The van der Waals surface area contributed by atoms with E-state index in [0.29, 0.717) is 0 Å². The minimum atomic E-state index is -0.472. The van der Waals surface area contributed by atoms with Crippen LogP contribution >= 0.6 is 11.6 Å². The summed E-state index contributed by atoms with van der Waals surface area (Å²) in [6.45, 7) is 10.2. The van der Waals surface area contributed by atoms with Crippen LogP contribution in [0.1, 0.15) is 51.1 Å². The molecular weight excluding hydrogens is 246 g/mol. The van der Waals surface area contributed by atoms with E-state index in [9.17, 15) is 4.79 Å². The predicted molar refractivity (Wildman–Crippen MR) is 76.1 cm³/mol. The Labute approximate surface area is 114 Å². The summed E-state index contributed by atoms with van der Waals surface area (Å²) in [6, 6.07) is 6.03. The van der Waals surface area contributed by atoms with Crippen molar-refractivity contribution < 1.29 is 4.79 Å². The molecule has 0 aliphatic carbocycles. The first-order valence-corrected chi connectivity index (χ1v) is 6.67. The molecule has 1 aliphatic rings. The number of nitrogens with one attached hydrogen (secondary N) is 1. The van der Waals surface area contributed by atoms with Crippen molar-refractivity contribution in [1.82, 2.24) is 0 Å². The van der Waals surface area contributed by atoms with Crippen LogP contribution in [0, 0.1) is 5.41 Å². The summed E-state index contributed by atoms with van der Waals surface area (Å²) in [5, 5.41) is 2.85. The van der Waals surface area contributed by atoms with Crippen molar-refractivity contribution >= 4 is 23.2 Å². The molecule has 0 aromatic heterocycles. The Morgan fingerprint density at radius 1 is 1.28 bits per heavy atom. The molecular formula is C15H20ClNO. The summed E-state index contributed by atoms with van der Waals surface area (Å²) in [7, 11) is 0. The lowest BCUT2D eigenvalue weighted by atomic mass is 9.82. The van der Waals surface area contributed by atoms with E-state index >= 15 is 0 Å². The highest BCUT2D eigenvalue weighted by Gasteiger charge is 2.39. The molecule has 1 amide bonds. The molecule has 0 spiro atoms. The molecule has 0 saturated heterocycles. The third-order valence-electron chi connectivity index (χ3n) is 3.59. The summed E-state index contributed by atoms with van der Waals surface area (Å²) >= 11 is 6.51. The number of hydrogen-bond acceptors (Lipinski definition) is 1. The zero-order valence-corrected chi connectivity index (χ0v) is 12.4. The van der Waals surface area contributed by atoms with Gasteiger partial charge in [0.1, 0.15) is 0 Å². The lowest BCUT2D eigenvalue weighted by Gasteiger charge is -2.26. The van der Waals surface area contributed by atoms with E-state index in [1.165, 1.54) is 0 Å². The Morgan fingerprint density at radius 2 is 1.89 bits per heavy atom. The van der Waals surface area contributed by atoms with Gasteiger partial charge in [0.15, 0.2) is 0 Å². The molecule has 0 radical (unpaired) electrons. The van der Waals surface area contributed by atoms with Crippen LogP contribution in [0.15, 0.2) is 18.2 Å². The average molecular weight is 266 g/mol. The number of hydrogen-bond donors (Lipinski definition) is 1. The quantitative estimate of drug-likeness (QED) is 0.756. The van der Waals surface area contributed by atoms with E-state index < -0.39 is 5.41 Å². The van der Waals surface area contributed by atoms with Gasteiger partial charge in [-0.15, -0.1) is 11.6 Å². The molecule has 3 heteroatoms. The van der Waals surface area contributed by atoms with E-state index in [1.54, 1.807) is 0 Å². The molecule has 2 nitrogen and oxygen atoms in total. The molecule has 0 fully saturated rings. The Hall–Kier alpha value is -1.02. The zero-order valence-electron chi connectivity index (χ0n) is 11.6. The van der Waals surface area contributed by atoms with Crippen molar-refractivity contribution in [3.63, 3.8) is 0 Å². The molecule has 1 heterocycles. The molecule has 1 aliphatic heterocycles. The number of fused-ring (bicyclic) bond motifs is 1. The van der Waals surface area contributed by atoms with E-state index in [1.807, 2.05) is 26.0 Å². The van der Waals surface area contributed by atoms with Gasteiger partial charge in [0.05, 0.1) is 10.8 Å². The standard InChI is InChI=1S/C15H20ClNO/c1-14(2,3)12(16)9-6-7-11-10(8-9)15(4,5)13(18)17-11/h6-8,12H,1-5H3,(H,17,18). The Balaban J connectivity index is 2.47. The smallest absolute Gasteiger partial charge is 0.234 e. The highest BCUT2D eigenvalue weighted by molar-refractivity contribution is 6.21. The van der Waals surface area contributed by atoms with Gasteiger partial charge >= 0.3 is 0 Å². The number of amides is 1. The number of anilines is 1. The molecule has 2 rings (SSSR count). The van der Waals surface area contributed by atoms with Crippen LogP contribution < -0.4 is 5.32 Å². The van der Waals surface area contributed by atoms with Crippen molar-refractivity contribution in [3.05, 3.63) is 29.3 Å². The van der Waals surface area contributed by atoms with Crippen LogP contribution in [0.4, 0.5) is 5.69 Å².